The third-order valence-corrected chi connectivity index (χ3v) is 6.16. The maximum Gasteiger partial charge on any atom is 0.272 e. The molecule has 2 aliphatic heterocycles. The minimum absolute atomic E-state index is 0.0486. The van der Waals surface area contributed by atoms with Crippen LogP contribution in [0.1, 0.15) is 43.1 Å². The van der Waals surface area contributed by atoms with Crippen molar-refractivity contribution in [1.82, 2.24) is 9.88 Å². The number of piperazine rings is 1. The Morgan fingerprint density at radius 2 is 1.79 bits per heavy atom. The van der Waals surface area contributed by atoms with E-state index in [-0.39, 0.29) is 11.7 Å². The van der Waals surface area contributed by atoms with Gasteiger partial charge in [-0.05, 0) is 49.9 Å². The average molecular weight is 397 g/mol. The molecule has 5 nitrogen and oxygen atoms in total. The van der Waals surface area contributed by atoms with E-state index < -0.39 is 0 Å². The van der Waals surface area contributed by atoms with Crippen molar-refractivity contribution in [3.63, 3.8) is 0 Å². The quantitative estimate of drug-likeness (QED) is 0.785. The lowest BCUT2D eigenvalue weighted by molar-refractivity contribution is 0.0602. The lowest BCUT2D eigenvalue weighted by atomic mass is 9.99. The summed E-state index contributed by atoms with van der Waals surface area (Å²) >= 11 is 0. The van der Waals surface area contributed by atoms with Gasteiger partial charge in [0.25, 0.3) is 5.91 Å². The Morgan fingerprint density at radius 1 is 1.03 bits per heavy atom. The number of benzene rings is 1. The third kappa shape index (κ3) is 4.21. The number of hydrogen-bond acceptors (Lipinski definition) is 4. The largest absolute Gasteiger partial charge is 0.367 e. The van der Waals surface area contributed by atoms with Crippen molar-refractivity contribution in [3.8, 4) is 0 Å². The smallest absolute Gasteiger partial charge is 0.272 e. The van der Waals surface area contributed by atoms with Gasteiger partial charge in [0.2, 0.25) is 0 Å². The molecule has 0 saturated carbocycles. The van der Waals surface area contributed by atoms with Crippen LogP contribution in [0, 0.1) is 5.82 Å². The Morgan fingerprint density at radius 3 is 2.48 bits per heavy atom. The van der Waals surface area contributed by atoms with Crippen LogP contribution in [0.15, 0.2) is 42.6 Å². The van der Waals surface area contributed by atoms with E-state index in [4.69, 9.17) is 0 Å². The van der Waals surface area contributed by atoms with E-state index in [2.05, 4.69) is 21.7 Å². The summed E-state index contributed by atoms with van der Waals surface area (Å²) in [4.78, 5) is 23.7. The molecule has 6 heteroatoms. The second-order valence-corrected chi connectivity index (χ2v) is 7.88. The van der Waals surface area contributed by atoms with E-state index in [1.165, 1.54) is 12.5 Å². The molecule has 3 heterocycles. The third-order valence-electron chi connectivity index (χ3n) is 6.16. The number of pyridine rings is 1. The van der Waals surface area contributed by atoms with Crippen LogP contribution >= 0.6 is 0 Å². The van der Waals surface area contributed by atoms with Crippen LogP contribution in [0.3, 0.4) is 0 Å². The van der Waals surface area contributed by atoms with Gasteiger partial charge in [-0.2, -0.15) is 0 Å². The van der Waals surface area contributed by atoms with Crippen LogP contribution in [0.5, 0.6) is 0 Å². The van der Waals surface area contributed by atoms with E-state index in [0.29, 0.717) is 17.4 Å². The van der Waals surface area contributed by atoms with Gasteiger partial charge in [-0.15, -0.1) is 0 Å². The molecule has 154 valence electrons. The monoisotopic (exact) mass is 396 g/mol. The van der Waals surface area contributed by atoms with E-state index >= 15 is 0 Å². The zero-order chi connectivity index (χ0) is 20.2. The number of para-hydroxylation sites is 1. The number of piperidine rings is 1. The first-order valence-electron chi connectivity index (χ1n) is 10.7. The number of likely N-dealkylation sites (tertiary alicyclic amines) is 1. The number of carbonyl (C=O) groups is 1. The first-order chi connectivity index (χ1) is 14.2. The van der Waals surface area contributed by atoms with Crippen molar-refractivity contribution in [3.05, 3.63) is 54.1 Å². The molecule has 0 N–H and O–H groups in total. The van der Waals surface area contributed by atoms with E-state index in [1.807, 2.05) is 29.2 Å². The molecule has 1 aromatic heterocycles. The highest BCUT2D eigenvalue weighted by atomic mass is 19.1. The fraction of sp³-hybridized carbons (Fsp3) is 0.478. The minimum atomic E-state index is -0.173. The molecule has 0 bridgehead atoms. The van der Waals surface area contributed by atoms with Crippen molar-refractivity contribution in [2.24, 2.45) is 0 Å². The van der Waals surface area contributed by atoms with Crippen molar-refractivity contribution in [2.45, 2.75) is 38.6 Å². The molecular formula is C23H29FN4O. The molecule has 1 unspecified atom stereocenters. The molecule has 29 heavy (non-hydrogen) atoms. The summed E-state index contributed by atoms with van der Waals surface area (Å²) in [6.07, 6.45) is 6.17. The van der Waals surface area contributed by atoms with Crippen molar-refractivity contribution in [2.75, 3.05) is 42.5 Å². The van der Waals surface area contributed by atoms with Gasteiger partial charge >= 0.3 is 0 Å². The standard InChI is InChI=1S/C23H29FN4O/c1-2-18-7-5-6-12-28(18)23(29)21-11-10-19(17-25-21)26-13-15-27(16-14-26)22-9-4-3-8-20(22)24/h3-4,8-11,17-18H,2,5-7,12-16H2,1H3. The predicted molar refractivity (Wildman–Crippen MR) is 114 cm³/mol. The Kier molecular flexibility index (Phi) is 5.97. The van der Waals surface area contributed by atoms with Gasteiger partial charge in [-0.1, -0.05) is 19.1 Å². The van der Waals surface area contributed by atoms with Gasteiger partial charge in [-0.3, -0.25) is 4.79 Å². The van der Waals surface area contributed by atoms with Crippen LogP contribution in [0.2, 0.25) is 0 Å². The first kappa shape index (κ1) is 19.7. The Bertz CT molecular complexity index is 833. The van der Waals surface area contributed by atoms with Crippen LogP contribution < -0.4 is 9.80 Å². The topological polar surface area (TPSA) is 39.7 Å². The molecule has 4 rings (SSSR count). The normalized spacial score (nSPS) is 20.1. The Labute approximate surface area is 172 Å². The molecule has 2 fully saturated rings. The van der Waals surface area contributed by atoms with Crippen molar-refractivity contribution >= 4 is 17.3 Å². The van der Waals surface area contributed by atoms with Gasteiger partial charge in [0.15, 0.2) is 0 Å². The highest BCUT2D eigenvalue weighted by Crippen LogP contribution is 2.24. The molecule has 2 aromatic rings. The predicted octanol–water partition coefficient (Wildman–Crippen LogP) is 3.95. The zero-order valence-electron chi connectivity index (χ0n) is 17.1. The highest BCUT2D eigenvalue weighted by Gasteiger charge is 2.27. The SMILES string of the molecule is CCC1CCCCN1C(=O)c1ccc(N2CCN(c3ccccc3F)CC2)cn1. The summed E-state index contributed by atoms with van der Waals surface area (Å²) in [5.74, 6) is -0.124. The minimum Gasteiger partial charge on any atom is -0.367 e. The fourth-order valence-electron chi connectivity index (χ4n) is 4.45. The maximum atomic E-state index is 14.0. The second-order valence-electron chi connectivity index (χ2n) is 7.88. The number of hydrogen-bond donors (Lipinski definition) is 0. The van der Waals surface area contributed by atoms with Gasteiger partial charge < -0.3 is 14.7 Å². The van der Waals surface area contributed by atoms with E-state index in [0.717, 1.165) is 57.7 Å². The molecule has 1 amide bonds. The van der Waals surface area contributed by atoms with Gasteiger partial charge in [0.1, 0.15) is 11.5 Å². The van der Waals surface area contributed by atoms with Crippen LogP contribution in [-0.2, 0) is 0 Å². The summed E-state index contributed by atoms with van der Waals surface area (Å²) < 4.78 is 14.0. The Balaban J connectivity index is 1.39. The van der Waals surface area contributed by atoms with Gasteiger partial charge in [0, 0.05) is 38.8 Å². The molecule has 0 radical (unpaired) electrons. The number of carbonyl (C=O) groups excluding carboxylic acids is 1. The van der Waals surface area contributed by atoms with Crippen molar-refractivity contribution < 1.29 is 9.18 Å². The average Bonchev–Trinajstić information content (AvgIpc) is 2.79. The number of aromatic nitrogens is 1. The van der Waals surface area contributed by atoms with Gasteiger partial charge in [-0.25, -0.2) is 9.37 Å². The molecule has 2 saturated heterocycles. The van der Waals surface area contributed by atoms with E-state index in [9.17, 15) is 9.18 Å². The number of nitrogens with zero attached hydrogens (tertiary/aromatic N) is 4. The van der Waals surface area contributed by atoms with Crippen LogP contribution in [0.4, 0.5) is 15.8 Å². The number of rotatable bonds is 4. The fourth-order valence-corrected chi connectivity index (χ4v) is 4.45. The van der Waals surface area contributed by atoms with Gasteiger partial charge in [0.05, 0.1) is 17.6 Å². The zero-order valence-corrected chi connectivity index (χ0v) is 17.1. The van der Waals surface area contributed by atoms with Crippen LogP contribution in [-0.4, -0.2) is 54.6 Å². The number of anilines is 2. The Hall–Kier alpha value is -2.63. The first-order valence-corrected chi connectivity index (χ1v) is 10.7. The second kappa shape index (κ2) is 8.80. The lowest BCUT2D eigenvalue weighted by Crippen LogP contribution is -2.47. The summed E-state index contributed by atoms with van der Waals surface area (Å²) in [5, 5.41) is 0. The van der Waals surface area contributed by atoms with Crippen molar-refractivity contribution in [1.29, 1.82) is 0 Å². The number of halogens is 1. The maximum absolute atomic E-state index is 14.0. The molecular weight excluding hydrogens is 367 g/mol. The molecule has 0 aliphatic carbocycles. The summed E-state index contributed by atoms with van der Waals surface area (Å²) in [6.45, 7) is 6.09. The number of amides is 1. The lowest BCUT2D eigenvalue weighted by Gasteiger charge is -2.37. The van der Waals surface area contributed by atoms with E-state index in [1.54, 1.807) is 12.3 Å². The summed E-state index contributed by atoms with van der Waals surface area (Å²) in [5.41, 5.74) is 2.21. The summed E-state index contributed by atoms with van der Waals surface area (Å²) in [7, 11) is 0. The summed E-state index contributed by atoms with van der Waals surface area (Å²) in [6, 6.07) is 11.1. The molecule has 1 atom stereocenters. The molecule has 1 aromatic carbocycles. The molecule has 0 spiro atoms. The molecule has 2 aliphatic rings. The highest BCUT2D eigenvalue weighted by molar-refractivity contribution is 5.92. The van der Waals surface area contributed by atoms with Crippen LogP contribution in [0.25, 0.3) is 0 Å².